The Kier molecular flexibility index (Phi) is 6.77. The van der Waals surface area contributed by atoms with Crippen molar-refractivity contribution in [3.63, 3.8) is 0 Å². The van der Waals surface area contributed by atoms with Crippen molar-refractivity contribution in [3.05, 3.63) is 29.6 Å². The van der Waals surface area contributed by atoms with Crippen molar-refractivity contribution in [2.24, 2.45) is 0 Å². The number of hydrogen-bond donors (Lipinski definition) is 1. The van der Waals surface area contributed by atoms with Crippen LogP contribution in [0.15, 0.2) is 18.3 Å². The first-order valence-corrected chi connectivity index (χ1v) is 6.00. The van der Waals surface area contributed by atoms with Gasteiger partial charge in [-0.15, -0.1) is 0 Å². The van der Waals surface area contributed by atoms with Crippen LogP contribution < -0.4 is 5.32 Å². The summed E-state index contributed by atoms with van der Waals surface area (Å²) in [7, 11) is 1.92. The smallest absolute Gasteiger partial charge is 0.0889 e. The summed E-state index contributed by atoms with van der Waals surface area (Å²) in [5.74, 6) is 0. The predicted molar refractivity (Wildman–Crippen MR) is 67.7 cm³/mol. The maximum atomic E-state index is 5.47. The van der Waals surface area contributed by atoms with Crippen molar-refractivity contribution in [1.82, 2.24) is 10.3 Å². The normalized spacial score (nSPS) is 11.1. The molecule has 0 fully saturated rings. The quantitative estimate of drug-likeness (QED) is 0.701. The van der Waals surface area contributed by atoms with Crippen molar-refractivity contribution < 1.29 is 9.47 Å². The molecule has 1 aromatic rings. The van der Waals surface area contributed by atoms with E-state index in [1.807, 2.05) is 33.2 Å². The third-order valence-corrected chi connectivity index (χ3v) is 2.20. The number of nitrogens with zero attached hydrogens (tertiary/aromatic N) is 1. The maximum Gasteiger partial charge on any atom is 0.0889 e. The van der Waals surface area contributed by atoms with Crippen LogP contribution in [-0.4, -0.2) is 31.3 Å². The zero-order valence-electron chi connectivity index (χ0n) is 10.9. The highest BCUT2D eigenvalue weighted by Gasteiger charge is 1.97. The molecule has 1 heterocycles. The molecule has 1 rings (SSSR count). The van der Waals surface area contributed by atoms with Gasteiger partial charge in [0, 0.05) is 12.7 Å². The summed E-state index contributed by atoms with van der Waals surface area (Å²) < 4.78 is 10.8. The van der Waals surface area contributed by atoms with E-state index in [0.717, 1.165) is 12.2 Å². The Hall–Kier alpha value is -0.970. The molecular weight excluding hydrogens is 216 g/mol. The molecule has 0 saturated carbocycles. The lowest BCUT2D eigenvalue weighted by molar-refractivity contribution is 0.0135. The van der Waals surface area contributed by atoms with Crippen molar-refractivity contribution >= 4 is 0 Å². The van der Waals surface area contributed by atoms with Gasteiger partial charge in [-0.2, -0.15) is 0 Å². The Bertz CT molecular complexity index is 299. The molecule has 0 saturated heterocycles. The van der Waals surface area contributed by atoms with Crippen molar-refractivity contribution in [3.8, 4) is 0 Å². The van der Waals surface area contributed by atoms with Gasteiger partial charge in [0.1, 0.15) is 0 Å². The SMILES string of the molecule is CNCc1ccc(COCCOC(C)C)nc1. The predicted octanol–water partition coefficient (Wildman–Crippen LogP) is 1.74. The molecule has 0 atom stereocenters. The number of nitrogens with one attached hydrogen (secondary N) is 1. The third-order valence-electron chi connectivity index (χ3n) is 2.20. The van der Waals surface area contributed by atoms with Gasteiger partial charge in [0.2, 0.25) is 0 Å². The molecule has 0 radical (unpaired) electrons. The van der Waals surface area contributed by atoms with E-state index in [0.29, 0.717) is 19.8 Å². The topological polar surface area (TPSA) is 43.4 Å². The van der Waals surface area contributed by atoms with Crippen LogP contribution in [0.1, 0.15) is 25.1 Å². The van der Waals surface area contributed by atoms with Gasteiger partial charge in [-0.1, -0.05) is 6.07 Å². The molecule has 17 heavy (non-hydrogen) atoms. The summed E-state index contributed by atoms with van der Waals surface area (Å²) in [6, 6.07) is 4.06. The Morgan fingerprint density at radius 1 is 1.29 bits per heavy atom. The van der Waals surface area contributed by atoms with Gasteiger partial charge < -0.3 is 14.8 Å². The van der Waals surface area contributed by atoms with Crippen LogP contribution in [0.3, 0.4) is 0 Å². The van der Waals surface area contributed by atoms with Gasteiger partial charge in [0.05, 0.1) is 31.6 Å². The van der Waals surface area contributed by atoms with E-state index in [9.17, 15) is 0 Å². The summed E-state index contributed by atoms with van der Waals surface area (Å²) in [5.41, 5.74) is 2.13. The summed E-state index contributed by atoms with van der Waals surface area (Å²) in [6.07, 6.45) is 2.14. The molecular formula is C13H22N2O2. The fraction of sp³-hybridized carbons (Fsp3) is 0.615. The van der Waals surface area contributed by atoms with Crippen molar-refractivity contribution in [1.29, 1.82) is 0 Å². The van der Waals surface area contributed by atoms with Crippen molar-refractivity contribution in [2.45, 2.75) is 33.1 Å². The Morgan fingerprint density at radius 3 is 2.71 bits per heavy atom. The number of hydrogen-bond acceptors (Lipinski definition) is 4. The summed E-state index contributed by atoms with van der Waals surface area (Å²) >= 11 is 0. The van der Waals surface area contributed by atoms with E-state index in [2.05, 4.69) is 16.4 Å². The number of aromatic nitrogens is 1. The minimum absolute atomic E-state index is 0.262. The Labute approximate surface area is 103 Å². The highest BCUT2D eigenvalue weighted by molar-refractivity contribution is 5.13. The molecule has 0 spiro atoms. The van der Waals surface area contributed by atoms with E-state index in [1.54, 1.807) is 0 Å². The molecule has 0 unspecified atom stereocenters. The molecule has 0 aliphatic carbocycles. The largest absolute Gasteiger partial charge is 0.376 e. The van der Waals surface area contributed by atoms with Crippen LogP contribution in [-0.2, 0) is 22.6 Å². The molecule has 0 bridgehead atoms. The lowest BCUT2D eigenvalue weighted by atomic mass is 10.2. The van der Waals surface area contributed by atoms with Crippen LogP contribution in [0, 0.1) is 0 Å². The third kappa shape index (κ3) is 6.36. The standard InChI is InChI=1S/C13H22N2O2/c1-11(2)17-7-6-16-10-13-5-4-12(8-14-3)9-15-13/h4-5,9,11,14H,6-8,10H2,1-3H3. The molecule has 4 nitrogen and oxygen atoms in total. The monoisotopic (exact) mass is 238 g/mol. The molecule has 0 aromatic carbocycles. The fourth-order valence-corrected chi connectivity index (χ4v) is 1.37. The molecule has 4 heteroatoms. The molecule has 1 N–H and O–H groups in total. The summed E-state index contributed by atoms with van der Waals surface area (Å²) in [4.78, 5) is 4.32. The average Bonchev–Trinajstić information content (AvgIpc) is 2.31. The van der Waals surface area contributed by atoms with E-state index in [4.69, 9.17) is 9.47 Å². The second kappa shape index (κ2) is 8.17. The second-order valence-electron chi connectivity index (χ2n) is 4.16. The first kappa shape index (κ1) is 14.1. The highest BCUT2D eigenvalue weighted by atomic mass is 16.5. The maximum absolute atomic E-state index is 5.47. The zero-order valence-corrected chi connectivity index (χ0v) is 10.9. The van der Waals surface area contributed by atoms with Crippen LogP contribution >= 0.6 is 0 Å². The van der Waals surface area contributed by atoms with Gasteiger partial charge in [0.25, 0.3) is 0 Å². The number of ether oxygens (including phenoxy) is 2. The average molecular weight is 238 g/mol. The number of rotatable bonds is 8. The van der Waals surface area contributed by atoms with E-state index in [-0.39, 0.29) is 6.10 Å². The van der Waals surface area contributed by atoms with Gasteiger partial charge in [0.15, 0.2) is 0 Å². The molecule has 0 aliphatic heterocycles. The lowest BCUT2D eigenvalue weighted by Gasteiger charge is -2.08. The van der Waals surface area contributed by atoms with Gasteiger partial charge in [-0.25, -0.2) is 0 Å². The van der Waals surface area contributed by atoms with Crippen LogP contribution in [0.25, 0.3) is 0 Å². The van der Waals surface area contributed by atoms with Crippen LogP contribution in [0.5, 0.6) is 0 Å². The van der Waals surface area contributed by atoms with E-state index in [1.165, 1.54) is 5.56 Å². The second-order valence-corrected chi connectivity index (χ2v) is 4.16. The minimum atomic E-state index is 0.262. The molecule has 1 aromatic heterocycles. The molecule has 0 amide bonds. The first-order valence-electron chi connectivity index (χ1n) is 6.00. The Morgan fingerprint density at radius 2 is 2.12 bits per heavy atom. The summed E-state index contributed by atoms with van der Waals surface area (Å²) in [6.45, 7) is 6.66. The highest BCUT2D eigenvalue weighted by Crippen LogP contribution is 2.01. The minimum Gasteiger partial charge on any atom is -0.376 e. The van der Waals surface area contributed by atoms with Gasteiger partial charge in [-0.05, 0) is 32.5 Å². The molecule has 96 valence electrons. The lowest BCUT2D eigenvalue weighted by Crippen LogP contribution is -2.10. The van der Waals surface area contributed by atoms with Crippen LogP contribution in [0.4, 0.5) is 0 Å². The zero-order chi connectivity index (χ0) is 12.5. The van der Waals surface area contributed by atoms with E-state index >= 15 is 0 Å². The fourth-order valence-electron chi connectivity index (χ4n) is 1.37. The van der Waals surface area contributed by atoms with E-state index < -0.39 is 0 Å². The first-order chi connectivity index (χ1) is 8.22. The van der Waals surface area contributed by atoms with Gasteiger partial charge >= 0.3 is 0 Å². The van der Waals surface area contributed by atoms with Crippen LogP contribution in [0.2, 0.25) is 0 Å². The molecule has 0 aliphatic rings. The Balaban J connectivity index is 2.18. The summed E-state index contributed by atoms with van der Waals surface area (Å²) in [5, 5.41) is 3.09. The van der Waals surface area contributed by atoms with Gasteiger partial charge in [-0.3, -0.25) is 4.98 Å². The number of pyridine rings is 1. The van der Waals surface area contributed by atoms with Crippen molar-refractivity contribution in [2.75, 3.05) is 20.3 Å².